The van der Waals surface area contributed by atoms with Gasteiger partial charge < -0.3 is 10.4 Å². The number of hydrogen-bond donors (Lipinski definition) is 2. The van der Waals surface area contributed by atoms with Crippen molar-refractivity contribution in [3.8, 4) is 11.8 Å². The van der Waals surface area contributed by atoms with Gasteiger partial charge in [-0.25, -0.2) is 4.98 Å². The Kier molecular flexibility index (Phi) is 4.72. The number of aromatic nitrogens is 1. The summed E-state index contributed by atoms with van der Waals surface area (Å²) in [7, 11) is 0. The normalized spacial score (nSPS) is 9.50. The molecule has 2 rings (SSSR count). The summed E-state index contributed by atoms with van der Waals surface area (Å²) < 4.78 is 0. The van der Waals surface area contributed by atoms with Crippen LogP contribution in [0, 0.1) is 11.8 Å². The van der Waals surface area contributed by atoms with E-state index >= 15 is 0 Å². The minimum atomic E-state index is -0.263. The first-order valence-electron chi connectivity index (χ1n) is 5.82. The van der Waals surface area contributed by atoms with Crippen LogP contribution in [0.5, 0.6) is 0 Å². The first kappa shape index (κ1) is 14.1. The van der Waals surface area contributed by atoms with Gasteiger partial charge in [0.1, 0.15) is 12.4 Å². The Bertz CT molecular complexity index is 655. The first-order chi connectivity index (χ1) is 9.69. The molecule has 5 heteroatoms. The second-order valence-corrected chi connectivity index (χ2v) is 4.29. The molecule has 0 aliphatic rings. The van der Waals surface area contributed by atoms with Gasteiger partial charge in [0, 0.05) is 17.3 Å². The van der Waals surface area contributed by atoms with Gasteiger partial charge in [0.05, 0.1) is 5.02 Å². The molecule has 20 heavy (non-hydrogen) atoms. The maximum absolute atomic E-state index is 12.0. The number of amides is 1. The summed E-state index contributed by atoms with van der Waals surface area (Å²) >= 11 is 5.72. The Morgan fingerprint density at radius 3 is 2.60 bits per heavy atom. The number of carbonyl (C=O) groups excluding carboxylic acids is 1. The van der Waals surface area contributed by atoms with Crippen molar-refractivity contribution in [3.63, 3.8) is 0 Å². The summed E-state index contributed by atoms with van der Waals surface area (Å²) in [6, 6.07) is 10.0. The molecule has 100 valence electrons. The van der Waals surface area contributed by atoms with Crippen molar-refractivity contribution in [1.82, 2.24) is 4.98 Å². The number of carbonyl (C=O) groups is 1. The molecular formula is C15H11ClN2O2. The molecule has 4 nitrogen and oxygen atoms in total. The molecule has 1 amide bonds. The van der Waals surface area contributed by atoms with Gasteiger partial charge in [-0.15, -0.1) is 0 Å². The van der Waals surface area contributed by atoms with Crippen LogP contribution in [-0.4, -0.2) is 22.6 Å². The average Bonchev–Trinajstić information content (AvgIpc) is 2.48. The topological polar surface area (TPSA) is 62.2 Å². The van der Waals surface area contributed by atoms with Crippen molar-refractivity contribution in [2.75, 3.05) is 11.9 Å². The third-order valence-electron chi connectivity index (χ3n) is 2.43. The maximum atomic E-state index is 12.0. The number of rotatable bonds is 2. The molecular weight excluding hydrogens is 276 g/mol. The maximum Gasteiger partial charge on any atom is 0.256 e. The zero-order valence-electron chi connectivity index (χ0n) is 10.4. The van der Waals surface area contributed by atoms with Crippen LogP contribution in [0.2, 0.25) is 5.02 Å². The van der Waals surface area contributed by atoms with Crippen LogP contribution in [0.1, 0.15) is 15.9 Å². The highest BCUT2D eigenvalue weighted by Gasteiger charge is 2.06. The van der Waals surface area contributed by atoms with Gasteiger partial charge in [-0.05, 0) is 36.4 Å². The molecule has 0 saturated heterocycles. The molecule has 0 atom stereocenters. The largest absolute Gasteiger partial charge is 0.384 e. The van der Waals surface area contributed by atoms with Crippen LogP contribution < -0.4 is 5.32 Å². The number of nitrogens with one attached hydrogen (secondary N) is 1. The third kappa shape index (κ3) is 3.82. The lowest BCUT2D eigenvalue weighted by Gasteiger charge is -2.04. The highest BCUT2D eigenvalue weighted by atomic mass is 35.5. The van der Waals surface area contributed by atoms with Gasteiger partial charge in [-0.3, -0.25) is 4.79 Å². The van der Waals surface area contributed by atoms with Crippen LogP contribution in [0.3, 0.4) is 0 Å². The summed E-state index contributed by atoms with van der Waals surface area (Å²) in [5.41, 5.74) is 1.23. The minimum Gasteiger partial charge on any atom is -0.384 e. The number of anilines is 1. The molecule has 0 bridgehead atoms. The van der Waals surface area contributed by atoms with E-state index in [4.69, 9.17) is 16.7 Å². The van der Waals surface area contributed by atoms with E-state index in [1.807, 2.05) is 0 Å². The fourth-order valence-corrected chi connectivity index (χ4v) is 1.60. The molecule has 0 saturated carbocycles. The summed E-state index contributed by atoms with van der Waals surface area (Å²) in [5, 5.41) is 11.8. The van der Waals surface area contributed by atoms with Crippen molar-refractivity contribution in [3.05, 3.63) is 58.7 Å². The number of aliphatic hydroxyl groups is 1. The first-order valence-corrected chi connectivity index (χ1v) is 6.19. The third-order valence-corrected chi connectivity index (χ3v) is 2.65. The van der Waals surface area contributed by atoms with Gasteiger partial charge in [0.2, 0.25) is 0 Å². The van der Waals surface area contributed by atoms with Crippen molar-refractivity contribution in [2.45, 2.75) is 0 Å². The van der Waals surface area contributed by atoms with E-state index in [-0.39, 0.29) is 12.5 Å². The standard InChI is InChI=1S/C15H11ClN2O2/c16-13-7-8-14(17-10-13)18-15(20)12-5-3-11(4-6-12)2-1-9-19/h3-8,10,19H,9H2,(H,17,18,20). The SMILES string of the molecule is O=C(Nc1ccc(Cl)cn1)c1ccc(C#CCO)cc1. The number of nitrogens with zero attached hydrogens (tertiary/aromatic N) is 1. The average molecular weight is 287 g/mol. The molecule has 0 unspecified atom stereocenters. The van der Waals surface area contributed by atoms with Crippen molar-refractivity contribution >= 4 is 23.3 Å². The van der Waals surface area contributed by atoms with Gasteiger partial charge in [0.15, 0.2) is 0 Å². The molecule has 2 aromatic rings. The van der Waals surface area contributed by atoms with E-state index in [2.05, 4.69) is 22.1 Å². The van der Waals surface area contributed by atoms with Gasteiger partial charge >= 0.3 is 0 Å². The van der Waals surface area contributed by atoms with Crippen molar-refractivity contribution in [1.29, 1.82) is 0 Å². The Labute approximate surface area is 121 Å². The summed E-state index contributed by atoms with van der Waals surface area (Å²) in [4.78, 5) is 16.0. The molecule has 1 heterocycles. The van der Waals surface area contributed by atoms with Crippen LogP contribution in [0.4, 0.5) is 5.82 Å². The molecule has 0 radical (unpaired) electrons. The van der Waals surface area contributed by atoms with Crippen LogP contribution in [0.25, 0.3) is 0 Å². The second-order valence-electron chi connectivity index (χ2n) is 3.85. The van der Waals surface area contributed by atoms with Crippen LogP contribution in [0.15, 0.2) is 42.6 Å². The fourth-order valence-electron chi connectivity index (χ4n) is 1.48. The van der Waals surface area contributed by atoms with Gasteiger partial charge in [0.25, 0.3) is 5.91 Å². The summed E-state index contributed by atoms with van der Waals surface area (Å²) in [6.45, 7) is -0.190. The Morgan fingerprint density at radius 2 is 2.00 bits per heavy atom. The van der Waals surface area contributed by atoms with E-state index in [0.29, 0.717) is 16.4 Å². The van der Waals surface area contributed by atoms with E-state index in [0.717, 1.165) is 5.56 Å². The molecule has 0 fully saturated rings. The lowest BCUT2D eigenvalue weighted by molar-refractivity contribution is 0.102. The lowest BCUT2D eigenvalue weighted by atomic mass is 10.1. The quantitative estimate of drug-likeness (QED) is 0.833. The molecule has 1 aromatic carbocycles. The fraction of sp³-hybridized carbons (Fsp3) is 0.0667. The van der Waals surface area contributed by atoms with Crippen molar-refractivity contribution < 1.29 is 9.90 Å². The van der Waals surface area contributed by atoms with Crippen LogP contribution >= 0.6 is 11.6 Å². The predicted octanol–water partition coefficient (Wildman–Crippen LogP) is 2.33. The molecule has 0 spiro atoms. The minimum absolute atomic E-state index is 0.190. The summed E-state index contributed by atoms with van der Waals surface area (Å²) in [5.74, 6) is 5.47. The number of benzene rings is 1. The second kappa shape index (κ2) is 6.71. The highest BCUT2D eigenvalue weighted by molar-refractivity contribution is 6.30. The monoisotopic (exact) mass is 286 g/mol. The molecule has 1 aromatic heterocycles. The Hall–Kier alpha value is -2.35. The lowest BCUT2D eigenvalue weighted by Crippen LogP contribution is -2.12. The van der Waals surface area contributed by atoms with E-state index in [9.17, 15) is 4.79 Å². The number of aliphatic hydroxyl groups excluding tert-OH is 1. The number of hydrogen-bond acceptors (Lipinski definition) is 3. The predicted molar refractivity (Wildman–Crippen MR) is 77.6 cm³/mol. The van der Waals surface area contributed by atoms with E-state index < -0.39 is 0 Å². The zero-order valence-corrected chi connectivity index (χ0v) is 11.2. The number of halogens is 1. The van der Waals surface area contributed by atoms with Crippen molar-refractivity contribution in [2.24, 2.45) is 0 Å². The van der Waals surface area contributed by atoms with Crippen LogP contribution in [-0.2, 0) is 0 Å². The van der Waals surface area contributed by atoms with Gasteiger partial charge in [-0.2, -0.15) is 0 Å². The highest BCUT2D eigenvalue weighted by Crippen LogP contribution is 2.11. The Balaban J connectivity index is 2.07. The van der Waals surface area contributed by atoms with E-state index in [1.54, 1.807) is 36.4 Å². The van der Waals surface area contributed by atoms with E-state index in [1.165, 1.54) is 6.20 Å². The number of pyridine rings is 1. The zero-order chi connectivity index (χ0) is 14.4. The molecule has 2 N–H and O–H groups in total. The summed E-state index contributed by atoms with van der Waals surface area (Å²) in [6.07, 6.45) is 1.46. The molecule has 0 aliphatic heterocycles. The molecule has 0 aliphatic carbocycles. The van der Waals surface area contributed by atoms with Gasteiger partial charge in [-0.1, -0.05) is 23.4 Å². The Morgan fingerprint density at radius 1 is 1.25 bits per heavy atom. The smallest absolute Gasteiger partial charge is 0.256 e.